The number of unbranched alkanes of at least 4 members (excludes halogenated alkanes) is 20. The lowest BCUT2D eigenvalue weighted by molar-refractivity contribution is -0.167. The average molecular weight is 1100 g/mol. The molecule has 0 heterocycles. The van der Waals surface area contributed by atoms with Crippen molar-refractivity contribution in [1.82, 2.24) is 0 Å². The van der Waals surface area contributed by atoms with Crippen molar-refractivity contribution in [3.8, 4) is 0 Å². The zero-order valence-corrected chi connectivity index (χ0v) is 51.5. The largest absolute Gasteiger partial charge is 0.462 e. The van der Waals surface area contributed by atoms with Crippen LogP contribution in [0, 0.1) is 0 Å². The Labute approximate surface area is 492 Å². The number of hydrogen-bond acceptors (Lipinski definition) is 6. The Hall–Kier alpha value is -4.97. The van der Waals surface area contributed by atoms with Gasteiger partial charge in [-0.15, -0.1) is 0 Å². The SMILES string of the molecule is CC/C=C\C/C=C\C/C=C\C/C=C\C/C=C\C/C=C\C/C=C\C/C=C\CCCCCCCCCCCCC(=O)OCC(COC(=O)CCCCCCCCCC)OC(=O)CCCCC/C=C\C/C=C\C/C=C\C/C=C\C/C=C\CC. The molecule has 1 atom stereocenters. The van der Waals surface area contributed by atoms with E-state index >= 15 is 0 Å². The molecule has 0 saturated heterocycles. The molecule has 0 bridgehead atoms. The van der Waals surface area contributed by atoms with Crippen LogP contribution in [0.4, 0.5) is 0 Å². The molecule has 0 aliphatic carbocycles. The average Bonchev–Trinajstić information content (AvgIpc) is 3.46. The van der Waals surface area contributed by atoms with Crippen LogP contribution >= 0.6 is 0 Å². The topological polar surface area (TPSA) is 78.9 Å². The summed E-state index contributed by atoms with van der Waals surface area (Å²) in [7, 11) is 0. The highest BCUT2D eigenvalue weighted by atomic mass is 16.6. The maximum atomic E-state index is 12.8. The summed E-state index contributed by atoms with van der Waals surface area (Å²) in [6, 6.07) is 0. The molecule has 450 valence electrons. The number of carbonyl (C=O) groups is 3. The summed E-state index contributed by atoms with van der Waals surface area (Å²) in [5.41, 5.74) is 0. The molecule has 0 aliphatic heterocycles. The Kier molecular flexibility index (Phi) is 62.4. The standard InChI is InChI=1S/C74H118O6/c1-4-7-10-13-16-19-21-23-25-27-29-30-31-32-33-34-35-36-37-38-39-40-41-42-43-44-46-47-49-51-53-55-58-61-64-67-73(76)79-70-71(69-78-72(75)66-63-60-57-18-15-12-9-6-3)80-74(77)68-65-62-59-56-54-52-50-48-45-28-26-24-22-20-17-14-11-8-5-2/h7-8,10-11,16-17,19-20,23-26,29-30,32-33,35-36,38-39,41-42,45,48,52,54,71H,4-6,9,12-15,18,21-22,27-28,31,34,37,40,43-44,46-47,49-51,53,55-70H2,1-3H3/b10-7-,11-8-,19-16-,20-17-,25-23-,26-24-,30-29-,33-32-,36-35-,39-38-,42-41-,48-45-,54-52-. The van der Waals surface area contributed by atoms with Gasteiger partial charge in [0.05, 0.1) is 0 Å². The number of ether oxygens (including phenoxy) is 3. The van der Waals surface area contributed by atoms with Crippen LogP contribution < -0.4 is 0 Å². The zero-order valence-electron chi connectivity index (χ0n) is 51.5. The van der Waals surface area contributed by atoms with Gasteiger partial charge in [-0.2, -0.15) is 0 Å². The van der Waals surface area contributed by atoms with Gasteiger partial charge in [-0.3, -0.25) is 14.4 Å². The molecule has 0 amide bonds. The highest BCUT2D eigenvalue weighted by Crippen LogP contribution is 2.15. The molecule has 0 spiro atoms. The summed E-state index contributed by atoms with van der Waals surface area (Å²) < 4.78 is 16.8. The summed E-state index contributed by atoms with van der Waals surface area (Å²) >= 11 is 0. The van der Waals surface area contributed by atoms with Gasteiger partial charge >= 0.3 is 17.9 Å². The summed E-state index contributed by atoms with van der Waals surface area (Å²) in [6.45, 7) is 6.35. The minimum absolute atomic E-state index is 0.0961. The van der Waals surface area contributed by atoms with Crippen LogP contribution in [0.3, 0.4) is 0 Å². The van der Waals surface area contributed by atoms with E-state index in [1.165, 1.54) is 77.0 Å². The molecule has 0 radical (unpaired) electrons. The Balaban J connectivity index is 4.20. The molecular formula is C74H118O6. The van der Waals surface area contributed by atoms with Crippen molar-refractivity contribution in [1.29, 1.82) is 0 Å². The zero-order chi connectivity index (χ0) is 57.8. The van der Waals surface area contributed by atoms with Gasteiger partial charge in [-0.25, -0.2) is 0 Å². The molecule has 80 heavy (non-hydrogen) atoms. The first-order valence-corrected chi connectivity index (χ1v) is 32.5. The second kappa shape index (κ2) is 66.5. The summed E-state index contributed by atoms with van der Waals surface area (Å²) in [5.74, 6) is -0.940. The van der Waals surface area contributed by atoms with Crippen molar-refractivity contribution in [2.75, 3.05) is 13.2 Å². The lowest BCUT2D eigenvalue weighted by Gasteiger charge is -2.18. The van der Waals surface area contributed by atoms with Gasteiger partial charge in [0.25, 0.3) is 0 Å². The third-order valence-electron chi connectivity index (χ3n) is 13.3. The summed E-state index contributed by atoms with van der Waals surface area (Å²) in [4.78, 5) is 38.1. The number of allylic oxidation sites excluding steroid dienone is 26. The van der Waals surface area contributed by atoms with E-state index in [2.05, 4.69) is 179 Å². The quantitative estimate of drug-likeness (QED) is 0.0261. The molecule has 0 fully saturated rings. The normalized spacial score (nSPS) is 13.2. The molecule has 0 aromatic rings. The van der Waals surface area contributed by atoms with Crippen LogP contribution in [0.5, 0.6) is 0 Å². The fourth-order valence-electron chi connectivity index (χ4n) is 8.48. The third kappa shape index (κ3) is 63.9. The van der Waals surface area contributed by atoms with Gasteiger partial charge in [0.2, 0.25) is 0 Å². The highest BCUT2D eigenvalue weighted by Gasteiger charge is 2.19. The molecule has 6 nitrogen and oxygen atoms in total. The highest BCUT2D eigenvalue weighted by molar-refractivity contribution is 5.71. The van der Waals surface area contributed by atoms with E-state index in [1.54, 1.807) is 0 Å². The van der Waals surface area contributed by atoms with E-state index in [9.17, 15) is 14.4 Å². The molecule has 0 saturated carbocycles. The van der Waals surface area contributed by atoms with E-state index in [-0.39, 0.29) is 37.5 Å². The van der Waals surface area contributed by atoms with Crippen molar-refractivity contribution in [3.63, 3.8) is 0 Å². The molecule has 0 rings (SSSR count). The van der Waals surface area contributed by atoms with Crippen LogP contribution in [0.25, 0.3) is 0 Å². The number of esters is 3. The Morgan fingerprint density at radius 1 is 0.263 bits per heavy atom. The second-order valence-electron chi connectivity index (χ2n) is 20.9. The first-order chi connectivity index (χ1) is 39.5. The van der Waals surface area contributed by atoms with Crippen molar-refractivity contribution in [2.24, 2.45) is 0 Å². The van der Waals surface area contributed by atoms with Gasteiger partial charge in [-0.05, 0) is 128 Å². The van der Waals surface area contributed by atoms with Gasteiger partial charge < -0.3 is 14.2 Å². The maximum absolute atomic E-state index is 12.8. The van der Waals surface area contributed by atoms with E-state index in [4.69, 9.17) is 14.2 Å². The number of carbonyl (C=O) groups excluding carboxylic acids is 3. The minimum atomic E-state index is -0.801. The molecule has 0 aromatic carbocycles. The number of rotatable bonds is 57. The van der Waals surface area contributed by atoms with Crippen molar-refractivity contribution in [3.05, 3.63) is 158 Å². The lowest BCUT2D eigenvalue weighted by Crippen LogP contribution is -2.30. The lowest BCUT2D eigenvalue weighted by atomic mass is 10.1. The van der Waals surface area contributed by atoms with Gasteiger partial charge in [0, 0.05) is 19.3 Å². The van der Waals surface area contributed by atoms with E-state index in [1.807, 2.05) is 0 Å². The monoisotopic (exact) mass is 1100 g/mol. The van der Waals surface area contributed by atoms with Gasteiger partial charge in [0.1, 0.15) is 13.2 Å². The number of hydrogen-bond donors (Lipinski definition) is 0. The molecule has 0 aromatic heterocycles. The van der Waals surface area contributed by atoms with Crippen LogP contribution in [-0.4, -0.2) is 37.2 Å². The molecule has 0 N–H and O–H groups in total. The minimum Gasteiger partial charge on any atom is -0.462 e. The van der Waals surface area contributed by atoms with Crippen molar-refractivity contribution >= 4 is 17.9 Å². The van der Waals surface area contributed by atoms with E-state index in [0.717, 1.165) is 154 Å². The fourth-order valence-corrected chi connectivity index (χ4v) is 8.48. The van der Waals surface area contributed by atoms with Crippen LogP contribution in [0.1, 0.15) is 271 Å². The molecular weight excluding hydrogens is 985 g/mol. The Morgan fingerprint density at radius 3 is 0.775 bits per heavy atom. The van der Waals surface area contributed by atoms with Crippen LogP contribution in [0.2, 0.25) is 0 Å². The molecule has 0 aliphatic rings. The second-order valence-corrected chi connectivity index (χ2v) is 20.9. The van der Waals surface area contributed by atoms with Gasteiger partial charge in [-0.1, -0.05) is 281 Å². The Morgan fingerprint density at radius 2 is 0.487 bits per heavy atom. The predicted molar refractivity (Wildman–Crippen MR) is 348 cm³/mol. The van der Waals surface area contributed by atoms with E-state index < -0.39 is 6.10 Å². The smallest absolute Gasteiger partial charge is 0.306 e. The fraction of sp³-hybridized carbons (Fsp3) is 0.608. The van der Waals surface area contributed by atoms with Crippen LogP contribution in [-0.2, 0) is 28.6 Å². The van der Waals surface area contributed by atoms with Crippen molar-refractivity contribution in [2.45, 2.75) is 277 Å². The van der Waals surface area contributed by atoms with E-state index in [0.29, 0.717) is 12.8 Å². The molecule has 1 unspecified atom stereocenters. The third-order valence-corrected chi connectivity index (χ3v) is 13.3. The maximum Gasteiger partial charge on any atom is 0.306 e. The predicted octanol–water partition coefficient (Wildman–Crippen LogP) is 22.5. The first kappa shape index (κ1) is 75.0. The van der Waals surface area contributed by atoms with Gasteiger partial charge in [0.15, 0.2) is 6.10 Å². The summed E-state index contributed by atoms with van der Waals surface area (Å²) in [5, 5.41) is 0. The molecule has 6 heteroatoms. The Bertz CT molecular complexity index is 1790. The van der Waals surface area contributed by atoms with Crippen LogP contribution in [0.15, 0.2) is 158 Å². The van der Waals surface area contributed by atoms with Crippen molar-refractivity contribution < 1.29 is 28.6 Å². The summed E-state index contributed by atoms with van der Waals surface area (Å²) in [6.07, 6.45) is 97.0. The first-order valence-electron chi connectivity index (χ1n) is 32.5.